The predicted octanol–water partition coefficient (Wildman–Crippen LogP) is 3.84. The number of benzene rings is 1. The molecule has 1 fully saturated rings. The van der Waals surface area contributed by atoms with Gasteiger partial charge in [0.25, 0.3) is 0 Å². The second kappa shape index (κ2) is 10.7. The zero-order chi connectivity index (χ0) is 15.8. The number of halogens is 1. The summed E-state index contributed by atoms with van der Waals surface area (Å²) >= 11 is 0. The van der Waals surface area contributed by atoms with Crippen molar-refractivity contribution in [2.75, 3.05) is 20.2 Å². The Morgan fingerprint density at radius 3 is 2.70 bits per heavy atom. The van der Waals surface area contributed by atoms with Gasteiger partial charge in [0, 0.05) is 12.6 Å². The van der Waals surface area contributed by atoms with E-state index in [1.165, 1.54) is 32.1 Å². The normalized spacial score (nSPS) is 16.7. The maximum Gasteiger partial charge on any atom is 0.122 e. The highest BCUT2D eigenvalue weighted by molar-refractivity contribution is 5.85. The lowest BCUT2D eigenvalue weighted by Gasteiger charge is -2.32. The molecule has 0 radical (unpaired) electrons. The first-order valence-electron chi connectivity index (χ1n) is 8.40. The molecule has 0 aromatic heterocycles. The fourth-order valence-corrected chi connectivity index (χ4v) is 3.21. The number of allylic oxidation sites excluding steroid dienone is 1. The SMILES string of the molecule is C=CCc1ccccc1OCC(O)CN(C)C1CCCCC1.Cl. The van der Waals surface area contributed by atoms with E-state index in [4.69, 9.17) is 4.74 Å². The lowest BCUT2D eigenvalue weighted by atomic mass is 9.94. The van der Waals surface area contributed by atoms with Gasteiger partial charge in [-0.2, -0.15) is 0 Å². The van der Waals surface area contributed by atoms with Gasteiger partial charge in [0.1, 0.15) is 18.5 Å². The molecule has 0 aliphatic heterocycles. The van der Waals surface area contributed by atoms with Gasteiger partial charge in [-0.3, -0.25) is 0 Å². The van der Waals surface area contributed by atoms with Crippen LogP contribution in [0.4, 0.5) is 0 Å². The zero-order valence-electron chi connectivity index (χ0n) is 14.1. The van der Waals surface area contributed by atoms with Crippen LogP contribution < -0.4 is 4.74 Å². The monoisotopic (exact) mass is 339 g/mol. The number of likely N-dealkylation sites (N-methyl/N-ethyl adjacent to an activating group) is 1. The summed E-state index contributed by atoms with van der Waals surface area (Å²) in [6.07, 6.45) is 8.70. The lowest BCUT2D eigenvalue weighted by Crippen LogP contribution is -2.40. The third-order valence-electron chi connectivity index (χ3n) is 4.46. The molecule has 130 valence electrons. The van der Waals surface area contributed by atoms with E-state index < -0.39 is 6.10 Å². The Labute approximate surface area is 146 Å². The molecule has 1 aliphatic rings. The van der Waals surface area contributed by atoms with Gasteiger partial charge in [0.2, 0.25) is 0 Å². The van der Waals surface area contributed by atoms with E-state index in [9.17, 15) is 5.11 Å². The fourth-order valence-electron chi connectivity index (χ4n) is 3.21. The minimum atomic E-state index is -0.455. The topological polar surface area (TPSA) is 32.7 Å². The Morgan fingerprint density at radius 2 is 2.00 bits per heavy atom. The molecule has 1 aliphatic carbocycles. The van der Waals surface area contributed by atoms with Crippen LogP contribution in [0.3, 0.4) is 0 Å². The zero-order valence-corrected chi connectivity index (χ0v) is 14.9. The molecule has 0 heterocycles. The molecule has 23 heavy (non-hydrogen) atoms. The van der Waals surface area contributed by atoms with Crippen molar-refractivity contribution in [1.29, 1.82) is 0 Å². The van der Waals surface area contributed by atoms with Gasteiger partial charge >= 0.3 is 0 Å². The number of hydrogen-bond acceptors (Lipinski definition) is 3. The maximum atomic E-state index is 10.2. The highest BCUT2D eigenvalue weighted by Gasteiger charge is 2.20. The van der Waals surface area contributed by atoms with Crippen LogP contribution in [-0.4, -0.2) is 42.4 Å². The third-order valence-corrected chi connectivity index (χ3v) is 4.46. The second-order valence-electron chi connectivity index (χ2n) is 6.30. The molecule has 0 spiro atoms. The molecular formula is C19H30ClNO2. The minimum Gasteiger partial charge on any atom is -0.491 e. The van der Waals surface area contributed by atoms with Crippen molar-refractivity contribution >= 4 is 12.4 Å². The summed E-state index contributed by atoms with van der Waals surface area (Å²) < 4.78 is 5.82. The van der Waals surface area contributed by atoms with Gasteiger partial charge in [-0.25, -0.2) is 0 Å². The summed E-state index contributed by atoms with van der Waals surface area (Å²) in [6, 6.07) is 8.58. The average Bonchev–Trinajstić information content (AvgIpc) is 2.55. The van der Waals surface area contributed by atoms with E-state index >= 15 is 0 Å². The molecule has 1 aromatic rings. The van der Waals surface area contributed by atoms with Gasteiger partial charge in [-0.1, -0.05) is 43.5 Å². The molecule has 1 unspecified atom stereocenters. The quantitative estimate of drug-likeness (QED) is 0.730. The molecule has 1 aromatic carbocycles. The number of hydrogen-bond donors (Lipinski definition) is 1. The Bertz CT molecular complexity index is 460. The summed E-state index contributed by atoms with van der Waals surface area (Å²) in [7, 11) is 2.12. The van der Waals surface area contributed by atoms with Gasteiger partial charge < -0.3 is 14.7 Å². The molecule has 4 heteroatoms. The summed E-state index contributed by atoms with van der Waals surface area (Å²) in [6.45, 7) is 4.79. The Kier molecular flexibility index (Phi) is 9.30. The lowest BCUT2D eigenvalue weighted by molar-refractivity contribution is 0.0559. The predicted molar refractivity (Wildman–Crippen MR) is 98.6 cm³/mol. The standard InChI is InChI=1S/C19H29NO2.ClH/c1-3-9-16-10-7-8-13-19(16)22-15-18(21)14-20(2)17-11-5-4-6-12-17;/h3,7-8,10,13,17-18,21H,1,4-6,9,11-12,14-15H2,2H3;1H. The Hall–Kier alpha value is -1.03. The van der Waals surface area contributed by atoms with Crippen LogP contribution in [0.1, 0.15) is 37.7 Å². The van der Waals surface area contributed by atoms with Crippen molar-refractivity contribution in [3.05, 3.63) is 42.5 Å². The molecule has 0 amide bonds. The van der Waals surface area contributed by atoms with Crippen LogP contribution in [-0.2, 0) is 6.42 Å². The van der Waals surface area contributed by atoms with Crippen LogP contribution in [0, 0.1) is 0 Å². The summed E-state index contributed by atoms with van der Waals surface area (Å²) in [5.41, 5.74) is 1.12. The first-order chi connectivity index (χ1) is 10.7. The number of nitrogens with zero attached hydrogens (tertiary/aromatic N) is 1. The van der Waals surface area contributed by atoms with Gasteiger partial charge in [-0.05, 0) is 37.9 Å². The van der Waals surface area contributed by atoms with E-state index in [1.54, 1.807) is 0 Å². The third kappa shape index (κ3) is 6.54. The molecule has 0 saturated heterocycles. The van der Waals surface area contributed by atoms with Crippen LogP contribution in [0.25, 0.3) is 0 Å². The largest absolute Gasteiger partial charge is 0.491 e. The Balaban J connectivity index is 0.00000264. The molecule has 2 rings (SSSR count). The number of ether oxygens (including phenoxy) is 1. The van der Waals surface area contributed by atoms with Crippen molar-refractivity contribution < 1.29 is 9.84 Å². The first kappa shape index (κ1) is 20.0. The van der Waals surface area contributed by atoms with Gasteiger partial charge in [0.15, 0.2) is 0 Å². The van der Waals surface area contributed by atoms with Crippen LogP contribution >= 0.6 is 12.4 Å². The highest BCUT2D eigenvalue weighted by atomic mass is 35.5. The van der Waals surface area contributed by atoms with Crippen molar-refractivity contribution in [1.82, 2.24) is 4.90 Å². The van der Waals surface area contributed by atoms with Gasteiger partial charge in [-0.15, -0.1) is 19.0 Å². The van der Waals surface area contributed by atoms with E-state index in [-0.39, 0.29) is 12.4 Å². The van der Waals surface area contributed by atoms with E-state index in [2.05, 4.69) is 18.5 Å². The summed E-state index contributed by atoms with van der Waals surface area (Å²) in [5, 5.41) is 10.2. The smallest absolute Gasteiger partial charge is 0.122 e. The number of rotatable bonds is 8. The summed E-state index contributed by atoms with van der Waals surface area (Å²) in [4.78, 5) is 2.29. The number of aliphatic hydroxyl groups excluding tert-OH is 1. The maximum absolute atomic E-state index is 10.2. The van der Waals surface area contributed by atoms with Gasteiger partial charge in [0.05, 0.1) is 0 Å². The fraction of sp³-hybridized carbons (Fsp3) is 0.579. The van der Waals surface area contributed by atoms with Crippen LogP contribution in [0.5, 0.6) is 5.75 Å². The van der Waals surface area contributed by atoms with Crippen LogP contribution in [0.15, 0.2) is 36.9 Å². The molecule has 1 saturated carbocycles. The van der Waals surface area contributed by atoms with E-state index in [1.807, 2.05) is 30.3 Å². The van der Waals surface area contributed by atoms with Crippen molar-refractivity contribution in [2.24, 2.45) is 0 Å². The average molecular weight is 340 g/mol. The Morgan fingerprint density at radius 1 is 1.30 bits per heavy atom. The van der Waals surface area contributed by atoms with E-state index in [0.29, 0.717) is 19.2 Å². The van der Waals surface area contributed by atoms with Crippen molar-refractivity contribution in [3.8, 4) is 5.75 Å². The molecular weight excluding hydrogens is 310 g/mol. The molecule has 0 bridgehead atoms. The van der Waals surface area contributed by atoms with Crippen LogP contribution in [0.2, 0.25) is 0 Å². The van der Waals surface area contributed by atoms with Crippen molar-refractivity contribution in [3.63, 3.8) is 0 Å². The minimum absolute atomic E-state index is 0. The molecule has 1 atom stereocenters. The number of aliphatic hydroxyl groups is 1. The number of para-hydroxylation sites is 1. The molecule has 1 N–H and O–H groups in total. The molecule has 3 nitrogen and oxygen atoms in total. The van der Waals surface area contributed by atoms with Crippen molar-refractivity contribution in [2.45, 2.75) is 50.7 Å². The first-order valence-corrected chi connectivity index (χ1v) is 8.40. The highest BCUT2D eigenvalue weighted by Crippen LogP contribution is 2.22. The second-order valence-corrected chi connectivity index (χ2v) is 6.30. The summed E-state index contributed by atoms with van der Waals surface area (Å²) in [5.74, 6) is 0.849. The van der Waals surface area contributed by atoms with E-state index in [0.717, 1.165) is 17.7 Å².